The van der Waals surface area contributed by atoms with Gasteiger partial charge in [-0.05, 0) is 30.2 Å². The van der Waals surface area contributed by atoms with Gasteiger partial charge in [0.25, 0.3) is 0 Å². The fourth-order valence-electron chi connectivity index (χ4n) is 2.59. The molecule has 3 aromatic heterocycles. The molecule has 1 saturated heterocycles. The molecule has 0 aliphatic carbocycles. The average molecular weight is 522 g/mol. The van der Waals surface area contributed by atoms with E-state index in [1.807, 2.05) is 19.9 Å². The van der Waals surface area contributed by atoms with Crippen LogP contribution in [0.1, 0.15) is 32.0 Å². The van der Waals surface area contributed by atoms with Crippen molar-refractivity contribution in [3.05, 3.63) is 69.1 Å². The fourth-order valence-corrected chi connectivity index (χ4v) is 3.29. The van der Waals surface area contributed by atoms with E-state index in [2.05, 4.69) is 20.3 Å². The zero-order valence-electron chi connectivity index (χ0n) is 17.1. The molecule has 31 heavy (non-hydrogen) atoms. The summed E-state index contributed by atoms with van der Waals surface area (Å²) in [6.45, 7) is 5.88. The zero-order chi connectivity index (χ0) is 21.9. The Bertz CT molecular complexity index is 941. The topological polar surface area (TPSA) is 128 Å². The minimum atomic E-state index is -0.676. The van der Waals surface area contributed by atoms with Gasteiger partial charge in [-0.1, -0.05) is 20.3 Å². The van der Waals surface area contributed by atoms with Gasteiger partial charge in [-0.25, -0.2) is 20.4 Å². The van der Waals surface area contributed by atoms with Gasteiger partial charge in [-0.15, -0.1) is 24.4 Å². The molecule has 0 aromatic carbocycles. The molecule has 0 amide bonds. The first kappa shape index (κ1) is 27.1. The first-order chi connectivity index (χ1) is 14.6. The summed E-state index contributed by atoms with van der Waals surface area (Å²) in [5, 5.41) is 23.2. The van der Waals surface area contributed by atoms with Gasteiger partial charge in [0, 0.05) is 51.2 Å². The Morgan fingerprint density at radius 3 is 2.48 bits per heavy atom. The number of hydrogen-bond acceptors (Lipinski definition) is 8. The molecule has 1 radical (unpaired) electrons. The van der Waals surface area contributed by atoms with Crippen molar-refractivity contribution in [2.24, 2.45) is 0 Å². The molecule has 4 rings (SSSR count). The van der Waals surface area contributed by atoms with Crippen molar-refractivity contribution in [3.8, 4) is 10.6 Å². The van der Waals surface area contributed by atoms with Gasteiger partial charge in [-0.2, -0.15) is 4.39 Å². The quantitative estimate of drug-likeness (QED) is 0.364. The maximum absolute atomic E-state index is 12.8. The number of hydrogen-bond donors (Lipinski definition) is 2. The van der Waals surface area contributed by atoms with Crippen LogP contribution in [0.3, 0.4) is 0 Å². The second-order valence-electron chi connectivity index (χ2n) is 5.76. The smallest absolute Gasteiger partial charge is 0.313 e. The molecule has 1 unspecified atom stereocenters. The molecule has 3 aromatic rings. The number of thiophene rings is 1. The van der Waals surface area contributed by atoms with Crippen molar-refractivity contribution in [1.29, 1.82) is 0 Å². The number of nitro groups is 1. The van der Waals surface area contributed by atoms with E-state index in [0.717, 1.165) is 36.7 Å². The Morgan fingerprint density at radius 2 is 1.97 bits per heavy atom. The summed E-state index contributed by atoms with van der Waals surface area (Å²) >= 11 is 0.866. The van der Waals surface area contributed by atoms with E-state index >= 15 is 0 Å². The predicted octanol–water partition coefficient (Wildman–Crippen LogP) is 5.02. The second kappa shape index (κ2) is 14.2. The third-order valence-corrected chi connectivity index (χ3v) is 4.83. The van der Waals surface area contributed by atoms with Gasteiger partial charge in [-0.3, -0.25) is 15.3 Å². The van der Waals surface area contributed by atoms with Crippen LogP contribution in [0.2, 0.25) is 0 Å². The Morgan fingerprint density at radius 1 is 1.26 bits per heavy atom. The Hall–Kier alpha value is -1.92. The van der Waals surface area contributed by atoms with Crippen LogP contribution in [-0.2, 0) is 32.7 Å². The van der Waals surface area contributed by atoms with Gasteiger partial charge in [0.2, 0.25) is 5.82 Å². The van der Waals surface area contributed by atoms with Crippen molar-refractivity contribution < 1.29 is 47.2 Å². The summed E-state index contributed by atoms with van der Waals surface area (Å²) < 4.78 is 12.8. The van der Waals surface area contributed by atoms with Crippen molar-refractivity contribution in [3.63, 3.8) is 0 Å². The van der Waals surface area contributed by atoms with Gasteiger partial charge in [0.1, 0.15) is 5.82 Å². The predicted molar refractivity (Wildman–Crippen MR) is 113 cm³/mol. The van der Waals surface area contributed by atoms with Crippen LogP contribution in [0.5, 0.6) is 0 Å². The first-order valence-electron chi connectivity index (χ1n) is 9.30. The number of rotatable bonds is 4. The molecule has 1 atom stereocenters. The Balaban J connectivity index is 0.000000298. The molecule has 12 heteroatoms. The van der Waals surface area contributed by atoms with E-state index in [9.17, 15) is 14.5 Å². The van der Waals surface area contributed by atoms with Crippen molar-refractivity contribution in [2.45, 2.75) is 26.2 Å². The van der Waals surface area contributed by atoms with Crippen molar-refractivity contribution >= 4 is 22.8 Å². The molecule has 1 aliphatic rings. The maximum atomic E-state index is 12.8. The standard InChI is InChI=1S/C9H6FN3O3S.C8H10N3.C2H6.Y/c10-8-4-3-7(17-8)5-1-2-6(13(15)16)9(11-5)12-14;1-3-10-8(11-4-1)7-2-5-9-6-7;1-2;/h1-4,14H,(H,11,12);1,3-4,7H,2,5-6H2;1-2H3;/q;-1;;. The molecule has 0 saturated carbocycles. The number of nitrogens with zero attached hydrogens (tertiary/aromatic N) is 5. The van der Waals surface area contributed by atoms with Crippen molar-refractivity contribution in [1.82, 2.24) is 15.0 Å². The second-order valence-corrected chi connectivity index (χ2v) is 6.79. The van der Waals surface area contributed by atoms with E-state index in [-0.39, 0.29) is 49.3 Å². The minimum Gasteiger partial charge on any atom is -0.662 e. The molecule has 1 aliphatic heterocycles. The largest absolute Gasteiger partial charge is 0.662 e. The molecule has 4 heterocycles. The number of pyridine rings is 1. The monoisotopic (exact) mass is 522 g/mol. The van der Waals surface area contributed by atoms with E-state index in [1.165, 1.54) is 24.3 Å². The van der Waals surface area contributed by atoms with Crippen LogP contribution in [-0.4, -0.2) is 38.2 Å². The molecule has 0 bridgehead atoms. The molecule has 2 N–H and O–H groups in total. The molecule has 9 nitrogen and oxygen atoms in total. The SMILES string of the molecule is CC.O=[N+]([O-])c1ccc(-c2ccc(F)s2)nc1NO.[Y].c1cnc(C2CC[N-]C2)nc1. The summed E-state index contributed by atoms with van der Waals surface area (Å²) in [6, 6.07) is 7.21. The fraction of sp³-hybridized carbons (Fsp3) is 0.316. The number of aromatic nitrogens is 3. The number of halogens is 1. The molecule has 0 spiro atoms. The molecule has 1 fully saturated rings. The summed E-state index contributed by atoms with van der Waals surface area (Å²) in [6.07, 6.45) is 4.70. The third kappa shape index (κ3) is 7.93. The van der Waals surface area contributed by atoms with Gasteiger partial charge in [0.05, 0.1) is 15.5 Å². The summed E-state index contributed by atoms with van der Waals surface area (Å²) in [7, 11) is 0. The summed E-state index contributed by atoms with van der Waals surface area (Å²) in [5.41, 5.74) is 1.65. The third-order valence-electron chi connectivity index (χ3n) is 3.94. The Kier molecular flexibility index (Phi) is 12.4. The van der Waals surface area contributed by atoms with Crippen LogP contribution in [0.4, 0.5) is 15.9 Å². The molecule has 163 valence electrons. The maximum Gasteiger partial charge on any atom is 0.313 e. The number of anilines is 1. The van der Waals surface area contributed by atoms with Crippen molar-refractivity contribution in [2.75, 3.05) is 18.6 Å². The van der Waals surface area contributed by atoms with Crippen LogP contribution in [0, 0.1) is 15.2 Å². The summed E-state index contributed by atoms with van der Waals surface area (Å²) in [5.74, 6) is 1.16. The van der Waals surface area contributed by atoms with Crippen LogP contribution < -0.4 is 5.48 Å². The van der Waals surface area contributed by atoms with Gasteiger partial charge < -0.3 is 5.32 Å². The van der Waals surface area contributed by atoms with Gasteiger partial charge >= 0.3 is 5.69 Å². The molecular formula is C19H22FN6O3SY-. The van der Waals surface area contributed by atoms with Crippen LogP contribution in [0.25, 0.3) is 15.9 Å². The van der Waals surface area contributed by atoms with E-state index < -0.39 is 4.92 Å². The zero-order valence-corrected chi connectivity index (χ0v) is 20.8. The van der Waals surface area contributed by atoms with Crippen LogP contribution in [0.15, 0.2) is 42.7 Å². The normalized spacial score (nSPS) is 14.3. The van der Waals surface area contributed by atoms with E-state index in [1.54, 1.807) is 17.9 Å². The van der Waals surface area contributed by atoms with E-state index in [0.29, 0.717) is 16.5 Å². The summed E-state index contributed by atoms with van der Waals surface area (Å²) in [4.78, 5) is 22.7. The average Bonchev–Trinajstić information content (AvgIpc) is 3.48. The first-order valence-corrected chi connectivity index (χ1v) is 10.1. The molecular weight excluding hydrogens is 500 g/mol. The van der Waals surface area contributed by atoms with Crippen LogP contribution >= 0.6 is 11.3 Å². The van der Waals surface area contributed by atoms with E-state index in [4.69, 9.17) is 5.21 Å². The number of nitrogens with one attached hydrogen (secondary N) is 1. The minimum absolute atomic E-state index is 0. The Labute approximate surface area is 208 Å². The van der Waals surface area contributed by atoms with Gasteiger partial charge in [0.15, 0.2) is 5.13 Å².